The van der Waals surface area contributed by atoms with Crippen molar-refractivity contribution in [2.75, 3.05) is 0 Å². The first-order valence-electron chi connectivity index (χ1n) is 7.44. The molecule has 1 aliphatic carbocycles. The van der Waals surface area contributed by atoms with Crippen LogP contribution in [0.3, 0.4) is 0 Å². The molecular weight excluding hydrogens is 228 g/mol. The summed E-state index contributed by atoms with van der Waals surface area (Å²) in [6.45, 7) is 4.62. The molecule has 0 heteroatoms. The topological polar surface area (TPSA) is 0 Å². The Morgan fingerprint density at radius 3 is 2.58 bits per heavy atom. The number of aryl methyl sites for hydroxylation is 1. The van der Waals surface area contributed by atoms with Crippen molar-refractivity contribution in [2.24, 2.45) is 5.92 Å². The molecule has 0 unspecified atom stereocenters. The van der Waals surface area contributed by atoms with Gasteiger partial charge in [0.1, 0.15) is 0 Å². The van der Waals surface area contributed by atoms with Crippen LogP contribution < -0.4 is 0 Å². The van der Waals surface area contributed by atoms with E-state index in [0.29, 0.717) is 0 Å². The lowest BCUT2D eigenvalue weighted by Gasteiger charge is -2.09. The van der Waals surface area contributed by atoms with Gasteiger partial charge in [0.25, 0.3) is 0 Å². The van der Waals surface area contributed by atoms with Crippen LogP contribution >= 0.6 is 0 Å². The van der Waals surface area contributed by atoms with Crippen molar-refractivity contribution in [2.45, 2.75) is 39.5 Å². The van der Waals surface area contributed by atoms with E-state index in [1.54, 1.807) is 11.1 Å². The van der Waals surface area contributed by atoms with E-state index in [-0.39, 0.29) is 0 Å². The Morgan fingerprint density at radius 1 is 0.947 bits per heavy atom. The van der Waals surface area contributed by atoms with Gasteiger partial charge in [0, 0.05) is 0 Å². The summed E-state index contributed by atoms with van der Waals surface area (Å²) in [5.74, 6) is 0.814. The van der Waals surface area contributed by atoms with Crippen molar-refractivity contribution >= 4 is 0 Å². The fourth-order valence-corrected chi connectivity index (χ4v) is 3.16. The second-order valence-electron chi connectivity index (χ2n) is 6.06. The van der Waals surface area contributed by atoms with Crippen LogP contribution in [0.15, 0.2) is 42.5 Å². The van der Waals surface area contributed by atoms with E-state index in [1.807, 2.05) is 0 Å². The normalized spacial score (nSPS) is 12.6. The van der Waals surface area contributed by atoms with E-state index < -0.39 is 0 Å². The summed E-state index contributed by atoms with van der Waals surface area (Å²) < 4.78 is 0. The van der Waals surface area contributed by atoms with Gasteiger partial charge in [-0.25, -0.2) is 0 Å². The molecule has 0 aromatic heterocycles. The molecule has 0 saturated carbocycles. The first-order valence-corrected chi connectivity index (χ1v) is 7.44. The highest BCUT2D eigenvalue weighted by Crippen LogP contribution is 2.38. The highest BCUT2D eigenvalue weighted by Gasteiger charge is 2.19. The molecule has 0 saturated heterocycles. The van der Waals surface area contributed by atoms with Crippen molar-refractivity contribution < 1.29 is 0 Å². The lowest BCUT2D eigenvalue weighted by atomic mass is 9.96. The molecule has 0 aliphatic heterocycles. The minimum Gasteiger partial charge on any atom is -0.0628 e. The second-order valence-corrected chi connectivity index (χ2v) is 6.06. The van der Waals surface area contributed by atoms with Crippen molar-refractivity contribution in [3.63, 3.8) is 0 Å². The Balaban J connectivity index is 1.86. The Labute approximate surface area is 116 Å². The number of fused-ring (bicyclic) bond motifs is 3. The molecule has 0 heterocycles. The number of benzene rings is 2. The van der Waals surface area contributed by atoms with Gasteiger partial charge < -0.3 is 0 Å². The van der Waals surface area contributed by atoms with Gasteiger partial charge >= 0.3 is 0 Å². The third-order valence-corrected chi connectivity index (χ3v) is 4.18. The zero-order valence-corrected chi connectivity index (χ0v) is 11.9. The van der Waals surface area contributed by atoms with Gasteiger partial charge in [-0.1, -0.05) is 62.7 Å². The van der Waals surface area contributed by atoms with Crippen LogP contribution in [0.2, 0.25) is 0 Å². The van der Waals surface area contributed by atoms with Crippen LogP contribution in [-0.2, 0) is 12.8 Å². The minimum absolute atomic E-state index is 0.814. The second kappa shape index (κ2) is 5.21. The SMILES string of the molecule is CC(C)CCCc1cccc2c1Cc1ccccc1-2. The van der Waals surface area contributed by atoms with E-state index >= 15 is 0 Å². The molecule has 2 aromatic rings. The van der Waals surface area contributed by atoms with Crippen LogP contribution in [0.5, 0.6) is 0 Å². The molecule has 0 atom stereocenters. The van der Waals surface area contributed by atoms with E-state index in [4.69, 9.17) is 0 Å². The molecule has 2 aromatic carbocycles. The lowest BCUT2D eigenvalue weighted by molar-refractivity contribution is 0.555. The van der Waals surface area contributed by atoms with Crippen LogP contribution in [0.1, 0.15) is 43.4 Å². The predicted molar refractivity (Wildman–Crippen MR) is 82.5 cm³/mol. The third-order valence-electron chi connectivity index (χ3n) is 4.18. The Kier molecular flexibility index (Phi) is 3.42. The summed E-state index contributed by atoms with van der Waals surface area (Å²) in [5, 5.41) is 0. The monoisotopic (exact) mass is 250 g/mol. The van der Waals surface area contributed by atoms with Gasteiger partial charge in [0.15, 0.2) is 0 Å². The molecular formula is C19H22. The average molecular weight is 250 g/mol. The quantitative estimate of drug-likeness (QED) is 0.594. The lowest BCUT2D eigenvalue weighted by Crippen LogP contribution is -1.95. The molecule has 98 valence electrons. The molecule has 1 aliphatic rings. The van der Waals surface area contributed by atoms with E-state index in [0.717, 1.165) is 12.3 Å². The van der Waals surface area contributed by atoms with E-state index in [1.165, 1.54) is 36.0 Å². The summed E-state index contributed by atoms with van der Waals surface area (Å²) in [4.78, 5) is 0. The standard InChI is InChI=1S/C19H22/c1-14(2)7-5-9-15-10-6-12-18-17-11-4-3-8-16(17)13-19(15)18/h3-4,6,8,10-12,14H,5,7,9,13H2,1-2H3. The molecule has 0 radical (unpaired) electrons. The van der Waals surface area contributed by atoms with Gasteiger partial charge in [-0.2, -0.15) is 0 Å². The Morgan fingerprint density at radius 2 is 1.74 bits per heavy atom. The first kappa shape index (κ1) is 12.5. The van der Waals surface area contributed by atoms with Crippen LogP contribution in [-0.4, -0.2) is 0 Å². The number of hydrogen-bond acceptors (Lipinski definition) is 0. The van der Waals surface area contributed by atoms with Crippen molar-refractivity contribution in [3.8, 4) is 11.1 Å². The maximum Gasteiger partial charge on any atom is -0.00107 e. The summed E-state index contributed by atoms with van der Waals surface area (Å²) >= 11 is 0. The summed E-state index contributed by atoms with van der Waals surface area (Å²) in [7, 11) is 0. The van der Waals surface area contributed by atoms with Crippen LogP contribution in [0, 0.1) is 5.92 Å². The van der Waals surface area contributed by atoms with Crippen molar-refractivity contribution in [3.05, 3.63) is 59.2 Å². The largest absolute Gasteiger partial charge is 0.0628 e. The van der Waals surface area contributed by atoms with E-state index in [2.05, 4.69) is 56.3 Å². The van der Waals surface area contributed by atoms with Crippen LogP contribution in [0.25, 0.3) is 11.1 Å². The Bertz CT molecular complexity index is 578. The number of rotatable bonds is 4. The van der Waals surface area contributed by atoms with Gasteiger partial charge in [-0.3, -0.25) is 0 Å². The predicted octanol–water partition coefficient (Wildman–Crippen LogP) is 5.24. The maximum atomic E-state index is 2.32. The van der Waals surface area contributed by atoms with Crippen molar-refractivity contribution in [1.29, 1.82) is 0 Å². The molecule has 0 amide bonds. The minimum atomic E-state index is 0.814. The van der Waals surface area contributed by atoms with Crippen LogP contribution in [0.4, 0.5) is 0 Å². The average Bonchev–Trinajstić information content (AvgIpc) is 2.78. The highest BCUT2D eigenvalue weighted by atomic mass is 14.2. The summed E-state index contributed by atoms with van der Waals surface area (Å²) in [6, 6.07) is 15.7. The molecule has 19 heavy (non-hydrogen) atoms. The maximum absolute atomic E-state index is 2.32. The fourth-order valence-electron chi connectivity index (χ4n) is 3.16. The highest BCUT2D eigenvalue weighted by molar-refractivity contribution is 5.77. The molecule has 0 nitrogen and oxygen atoms in total. The smallest absolute Gasteiger partial charge is 0.00107 e. The van der Waals surface area contributed by atoms with E-state index in [9.17, 15) is 0 Å². The van der Waals surface area contributed by atoms with Gasteiger partial charge in [-0.15, -0.1) is 0 Å². The van der Waals surface area contributed by atoms with Crippen molar-refractivity contribution in [1.82, 2.24) is 0 Å². The fraction of sp³-hybridized carbons (Fsp3) is 0.368. The molecule has 0 fully saturated rings. The molecule has 3 rings (SSSR count). The molecule has 0 bridgehead atoms. The Hall–Kier alpha value is -1.56. The number of hydrogen-bond donors (Lipinski definition) is 0. The third kappa shape index (κ3) is 2.45. The summed E-state index contributed by atoms with van der Waals surface area (Å²) in [6.07, 6.45) is 5.00. The molecule has 0 N–H and O–H groups in total. The summed E-state index contributed by atoms with van der Waals surface area (Å²) in [5.41, 5.74) is 7.55. The van der Waals surface area contributed by atoms with Gasteiger partial charge in [-0.05, 0) is 53.0 Å². The zero-order chi connectivity index (χ0) is 13.2. The van der Waals surface area contributed by atoms with Gasteiger partial charge in [0.05, 0.1) is 0 Å². The zero-order valence-electron chi connectivity index (χ0n) is 11.9. The van der Waals surface area contributed by atoms with Gasteiger partial charge in [0.2, 0.25) is 0 Å². The molecule has 0 spiro atoms. The first-order chi connectivity index (χ1) is 9.25.